The number of carbonyl (C=O) groups excluding carboxylic acids is 6. The van der Waals surface area contributed by atoms with Crippen molar-refractivity contribution in [2.45, 2.75) is 56.3 Å². The van der Waals surface area contributed by atoms with Crippen LogP contribution in [-0.2, 0) is 40.0 Å². The number of benzene rings is 1. The topological polar surface area (TPSA) is 239 Å². The molecule has 2 fully saturated rings. The van der Waals surface area contributed by atoms with Gasteiger partial charge in [-0.05, 0) is 24.5 Å². The molecule has 0 unspecified atom stereocenters. The summed E-state index contributed by atoms with van der Waals surface area (Å²) in [5, 5.41) is 32.3. The van der Waals surface area contributed by atoms with Crippen molar-refractivity contribution in [2.24, 2.45) is 0 Å². The van der Waals surface area contributed by atoms with Crippen LogP contribution < -0.4 is 26.6 Å². The lowest BCUT2D eigenvalue weighted by molar-refractivity contribution is -0.143. The Morgan fingerprint density at radius 3 is 2.36 bits per heavy atom. The minimum Gasteiger partial charge on any atom is -0.481 e. The summed E-state index contributed by atoms with van der Waals surface area (Å²) in [4.78, 5) is 93.8. The molecule has 4 atom stereocenters. The quantitative estimate of drug-likeness (QED) is 0.174. The summed E-state index contributed by atoms with van der Waals surface area (Å²) >= 11 is 0. The van der Waals surface area contributed by atoms with Gasteiger partial charge in [-0.25, -0.2) is 0 Å². The summed E-state index contributed by atoms with van der Waals surface area (Å²) in [5.74, 6) is -5.93. The first kappa shape index (κ1) is 31.9. The summed E-state index contributed by atoms with van der Waals surface area (Å²) in [6.07, 6.45) is 1.35. The first-order valence-corrected chi connectivity index (χ1v) is 14.2. The summed E-state index contributed by atoms with van der Waals surface area (Å²) in [6, 6.07) is 1.86. The van der Waals surface area contributed by atoms with Gasteiger partial charge in [0.2, 0.25) is 35.4 Å². The number of hydrogen-bond acceptors (Lipinski definition) is 8. The lowest BCUT2D eigenvalue weighted by Crippen LogP contribution is -2.59. The molecule has 0 spiro atoms. The van der Waals surface area contributed by atoms with Gasteiger partial charge >= 0.3 is 5.97 Å². The van der Waals surface area contributed by atoms with Gasteiger partial charge in [0.25, 0.3) is 0 Å². The molecule has 3 heterocycles. The predicted molar refractivity (Wildman–Crippen MR) is 153 cm³/mol. The van der Waals surface area contributed by atoms with Crippen LogP contribution in [0.5, 0.6) is 0 Å². The third kappa shape index (κ3) is 7.89. The average Bonchev–Trinajstić information content (AvgIpc) is 3.65. The molecule has 2 saturated heterocycles. The SMILES string of the molecule is O=C(O)C[C@@H]1NC(=O)CNC(=O)CCNC(=O)[C@@H]2CCCN2C(=O)[C@H](CO)NC(=O)[C@H](Cc2c[nH]c3ccccc23)NC1=O. The monoisotopic (exact) mass is 613 g/mol. The van der Waals surface area contributed by atoms with Gasteiger partial charge in [-0.3, -0.25) is 33.6 Å². The van der Waals surface area contributed by atoms with Crippen LogP contribution in [0, 0.1) is 0 Å². The number of rotatable bonds is 5. The number of aliphatic carboxylic acids is 1. The van der Waals surface area contributed by atoms with E-state index in [2.05, 4.69) is 31.6 Å². The lowest BCUT2D eigenvalue weighted by atomic mass is 10.0. The highest BCUT2D eigenvalue weighted by molar-refractivity contribution is 5.97. The number of nitrogens with one attached hydrogen (secondary N) is 6. The van der Waals surface area contributed by atoms with Gasteiger partial charge in [0.15, 0.2) is 0 Å². The maximum Gasteiger partial charge on any atom is 0.305 e. The Hall–Kier alpha value is -4.99. The van der Waals surface area contributed by atoms with Gasteiger partial charge in [0.1, 0.15) is 24.2 Å². The molecule has 44 heavy (non-hydrogen) atoms. The Labute approximate surface area is 251 Å². The molecule has 16 nitrogen and oxygen atoms in total. The van der Waals surface area contributed by atoms with Gasteiger partial charge in [0, 0.05) is 43.0 Å². The predicted octanol–water partition coefficient (Wildman–Crippen LogP) is -2.74. The molecular formula is C28H35N7O9. The highest BCUT2D eigenvalue weighted by atomic mass is 16.4. The van der Waals surface area contributed by atoms with E-state index in [1.807, 2.05) is 6.07 Å². The molecule has 6 amide bonds. The van der Waals surface area contributed by atoms with E-state index in [1.165, 1.54) is 4.90 Å². The molecule has 236 valence electrons. The van der Waals surface area contributed by atoms with Crippen molar-refractivity contribution in [1.29, 1.82) is 0 Å². The summed E-state index contributed by atoms with van der Waals surface area (Å²) in [7, 11) is 0. The van der Waals surface area contributed by atoms with E-state index >= 15 is 0 Å². The van der Waals surface area contributed by atoms with E-state index in [4.69, 9.17) is 0 Å². The van der Waals surface area contributed by atoms with Crippen molar-refractivity contribution in [3.05, 3.63) is 36.0 Å². The molecule has 0 saturated carbocycles. The lowest BCUT2D eigenvalue weighted by Gasteiger charge is -2.29. The Bertz CT molecular complexity index is 1440. The zero-order valence-electron chi connectivity index (χ0n) is 23.8. The maximum atomic E-state index is 13.6. The summed E-state index contributed by atoms with van der Waals surface area (Å²) in [5.41, 5.74) is 1.37. The fourth-order valence-electron chi connectivity index (χ4n) is 5.28. The van der Waals surface area contributed by atoms with E-state index in [1.54, 1.807) is 24.4 Å². The molecule has 0 bridgehead atoms. The normalized spacial score (nSPS) is 24.6. The molecule has 2 aromatic rings. The van der Waals surface area contributed by atoms with E-state index in [-0.39, 0.29) is 25.9 Å². The average molecular weight is 614 g/mol. The van der Waals surface area contributed by atoms with E-state index < -0.39 is 85.2 Å². The van der Waals surface area contributed by atoms with E-state index in [9.17, 15) is 43.8 Å². The maximum absolute atomic E-state index is 13.6. The van der Waals surface area contributed by atoms with Crippen LogP contribution in [-0.4, -0.2) is 112 Å². The molecule has 2 aliphatic rings. The van der Waals surface area contributed by atoms with Crippen LogP contribution in [0.3, 0.4) is 0 Å². The molecule has 0 aliphatic carbocycles. The Kier molecular flexibility index (Phi) is 10.5. The molecule has 16 heteroatoms. The number of aliphatic hydroxyl groups excluding tert-OH is 1. The second kappa shape index (κ2) is 14.5. The van der Waals surface area contributed by atoms with Crippen LogP contribution >= 0.6 is 0 Å². The number of carboxylic acid groups (broad SMARTS) is 1. The fourth-order valence-corrected chi connectivity index (χ4v) is 5.28. The van der Waals surface area contributed by atoms with Gasteiger partial charge in [-0.15, -0.1) is 0 Å². The Morgan fingerprint density at radius 1 is 0.886 bits per heavy atom. The number of aliphatic hydroxyl groups is 1. The highest BCUT2D eigenvalue weighted by Gasteiger charge is 2.38. The van der Waals surface area contributed by atoms with E-state index in [0.717, 1.165) is 10.9 Å². The van der Waals surface area contributed by atoms with Crippen molar-refractivity contribution in [2.75, 3.05) is 26.2 Å². The standard InChI is InChI=1S/C28H35N7O9/c36-14-20-28(44)35-9-3-6-21(35)27(43)29-8-7-22(37)31-13-23(38)32-19(11-24(39)40)26(42)33-18(25(41)34-20)10-15-12-30-17-5-2-1-4-16(15)17/h1-2,4-5,12,18-21,30,36H,3,6-11,13-14H2,(H,29,43)(H,31,37)(H,32,38)(H,33,42)(H,34,41)(H,39,40)/t18-,19-,20-,21-/m0/s1. The van der Waals surface area contributed by atoms with Crippen molar-refractivity contribution >= 4 is 52.3 Å². The number of H-pyrrole nitrogens is 1. The molecular weight excluding hydrogens is 578 g/mol. The number of hydrogen-bond donors (Lipinski definition) is 8. The van der Waals surface area contributed by atoms with Crippen LogP contribution in [0.2, 0.25) is 0 Å². The van der Waals surface area contributed by atoms with Crippen molar-refractivity contribution in [1.82, 2.24) is 36.5 Å². The first-order valence-electron chi connectivity index (χ1n) is 14.2. The molecule has 1 aromatic carbocycles. The highest BCUT2D eigenvalue weighted by Crippen LogP contribution is 2.21. The van der Waals surface area contributed by atoms with Gasteiger partial charge in [0.05, 0.1) is 19.6 Å². The number of nitrogens with zero attached hydrogens (tertiary/aromatic N) is 1. The molecule has 0 radical (unpaired) electrons. The minimum atomic E-state index is -1.61. The largest absolute Gasteiger partial charge is 0.481 e. The number of carboxylic acids is 1. The zero-order valence-corrected chi connectivity index (χ0v) is 23.8. The third-order valence-electron chi connectivity index (χ3n) is 7.50. The number of aromatic amines is 1. The third-order valence-corrected chi connectivity index (χ3v) is 7.50. The van der Waals surface area contributed by atoms with Gasteiger partial charge < -0.3 is 46.7 Å². The van der Waals surface area contributed by atoms with Crippen molar-refractivity contribution < 1.29 is 43.8 Å². The molecule has 8 N–H and O–H groups in total. The number of amides is 6. The first-order chi connectivity index (χ1) is 21.1. The minimum absolute atomic E-state index is 0.0927. The van der Waals surface area contributed by atoms with Crippen LogP contribution in [0.25, 0.3) is 10.9 Å². The molecule has 4 rings (SSSR count). The van der Waals surface area contributed by atoms with Crippen LogP contribution in [0.4, 0.5) is 0 Å². The van der Waals surface area contributed by atoms with Crippen molar-refractivity contribution in [3.8, 4) is 0 Å². The number of fused-ring (bicyclic) bond motifs is 2. The Balaban J connectivity index is 1.65. The Morgan fingerprint density at radius 2 is 1.61 bits per heavy atom. The second-order valence-electron chi connectivity index (χ2n) is 10.6. The summed E-state index contributed by atoms with van der Waals surface area (Å²) in [6.45, 7) is -1.27. The zero-order chi connectivity index (χ0) is 31.8. The van der Waals surface area contributed by atoms with E-state index in [0.29, 0.717) is 18.4 Å². The summed E-state index contributed by atoms with van der Waals surface area (Å²) < 4.78 is 0. The van der Waals surface area contributed by atoms with Crippen molar-refractivity contribution in [3.63, 3.8) is 0 Å². The number of carbonyl (C=O) groups is 7. The van der Waals surface area contributed by atoms with Crippen LogP contribution in [0.15, 0.2) is 30.5 Å². The number of para-hydroxylation sites is 1. The van der Waals surface area contributed by atoms with Gasteiger partial charge in [-0.1, -0.05) is 18.2 Å². The van der Waals surface area contributed by atoms with Gasteiger partial charge in [-0.2, -0.15) is 0 Å². The molecule has 1 aromatic heterocycles. The van der Waals surface area contributed by atoms with Crippen LogP contribution in [0.1, 0.15) is 31.2 Å². The number of aromatic nitrogens is 1. The fraction of sp³-hybridized carbons (Fsp3) is 0.464. The molecule has 2 aliphatic heterocycles. The smallest absolute Gasteiger partial charge is 0.305 e. The second-order valence-corrected chi connectivity index (χ2v) is 10.6.